The molecule has 0 saturated heterocycles. The van der Waals surface area contributed by atoms with Gasteiger partial charge in [-0.05, 0) is 49.7 Å². The van der Waals surface area contributed by atoms with Crippen molar-refractivity contribution in [2.75, 3.05) is 18.5 Å². The summed E-state index contributed by atoms with van der Waals surface area (Å²) in [7, 11) is 0. The van der Waals surface area contributed by atoms with Crippen LogP contribution in [0.4, 0.5) is 5.69 Å². The van der Waals surface area contributed by atoms with E-state index in [1.807, 2.05) is 13.0 Å². The molecule has 0 aliphatic heterocycles. The van der Waals surface area contributed by atoms with E-state index >= 15 is 0 Å². The molecule has 3 aromatic rings. The van der Waals surface area contributed by atoms with Crippen molar-refractivity contribution in [2.24, 2.45) is 0 Å². The highest BCUT2D eigenvalue weighted by molar-refractivity contribution is 6.30. The quantitative estimate of drug-likeness (QED) is 0.283. The number of nitrogens with one attached hydrogen (secondary N) is 2. The highest BCUT2D eigenvalue weighted by atomic mass is 35.5. The third-order valence-corrected chi connectivity index (χ3v) is 5.24. The Labute approximate surface area is 209 Å². The highest BCUT2D eigenvalue weighted by Crippen LogP contribution is 2.27. The van der Waals surface area contributed by atoms with E-state index in [4.69, 9.17) is 21.1 Å². The summed E-state index contributed by atoms with van der Waals surface area (Å²) < 4.78 is 11.1. The topological polar surface area (TPSA) is 93.7 Å². The summed E-state index contributed by atoms with van der Waals surface area (Å²) in [6, 6.07) is 22.4. The zero-order valence-electron chi connectivity index (χ0n) is 19.3. The van der Waals surface area contributed by atoms with Crippen molar-refractivity contribution in [3.63, 3.8) is 0 Å². The summed E-state index contributed by atoms with van der Waals surface area (Å²) >= 11 is 5.84. The molecule has 35 heavy (non-hydrogen) atoms. The van der Waals surface area contributed by atoms with Gasteiger partial charge in [-0.15, -0.1) is 0 Å². The molecule has 7 nitrogen and oxygen atoms in total. The normalized spacial score (nSPS) is 11.3. The van der Waals surface area contributed by atoms with Crippen molar-refractivity contribution in [1.29, 1.82) is 0 Å². The van der Waals surface area contributed by atoms with Crippen LogP contribution in [0.25, 0.3) is 0 Å². The molecule has 3 rings (SSSR count). The average Bonchev–Trinajstić information content (AvgIpc) is 2.87. The van der Waals surface area contributed by atoms with E-state index in [0.717, 1.165) is 0 Å². The smallest absolute Gasteiger partial charge is 0.306 e. The molecule has 0 fully saturated rings. The Hall–Kier alpha value is -3.84. The maximum atomic E-state index is 13.1. The van der Waals surface area contributed by atoms with Crippen molar-refractivity contribution in [1.82, 2.24) is 5.32 Å². The zero-order valence-corrected chi connectivity index (χ0v) is 20.1. The van der Waals surface area contributed by atoms with E-state index in [1.165, 1.54) is 0 Å². The van der Waals surface area contributed by atoms with Crippen LogP contribution < -0.4 is 15.4 Å². The van der Waals surface area contributed by atoms with Crippen LogP contribution in [0.2, 0.25) is 5.02 Å². The van der Waals surface area contributed by atoms with Crippen LogP contribution in [0.15, 0.2) is 78.9 Å². The summed E-state index contributed by atoms with van der Waals surface area (Å²) in [5, 5.41) is 6.09. The lowest BCUT2D eigenvalue weighted by Crippen LogP contribution is -2.27. The molecule has 0 aromatic heterocycles. The van der Waals surface area contributed by atoms with Gasteiger partial charge in [-0.1, -0.05) is 54.1 Å². The second-order valence-corrected chi connectivity index (χ2v) is 8.00. The number of rotatable bonds is 11. The Morgan fingerprint density at radius 2 is 1.60 bits per heavy atom. The second-order valence-electron chi connectivity index (χ2n) is 7.57. The van der Waals surface area contributed by atoms with Crippen LogP contribution in [0.3, 0.4) is 0 Å². The molecule has 0 radical (unpaired) electrons. The van der Waals surface area contributed by atoms with Gasteiger partial charge in [-0.25, -0.2) is 0 Å². The monoisotopic (exact) mass is 494 g/mol. The number of hydrogen-bond acceptors (Lipinski definition) is 5. The first-order valence-electron chi connectivity index (χ1n) is 11.3. The molecule has 0 spiro atoms. The van der Waals surface area contributed by atoms with Gasteiger partial charge in [0, 0.05) is 29.1 Å². The molecule has 2 N–H and O–H groups in total. The van der Waals surface area contributed by atoms with Gasteiger partial charge < -0.3 is 20.1 Å². The number of anilines is 1. The zero-order chi connectivity index (χ0) is 25.0. The van der Waals surface area contributed by atoms with E-state index in [9.17, 15) is 14.4 Å². The van der Waals surface area contributed by atoms with Crippen LogP contribution in [0.1, 0.15) is 41.8 Å². The van der Waals surface area contributed by atoms with Gasteiger partial charge in [0.2, 0.25) is 6.10 Å². The van der Waals surface area contributed by atoms with E-state index in [1.54, 1.807) is 72.8 Å². The minimum atomic E-state index is -1.14. The van der Waals surface area contributed by atoms with E-state index in [0.29, 0.717) is 40.6 Å². The summed E-state index contributed by atoms with van der Waals surface area (Å²) in [5.74, 6) is -0.775. The number of carbonyl (C=O) groups is 3. The van der Waals surface area contributed by atoms with Crippen LogP contribution in [0, 0.1) is 0 Å². The number of ether oxygens (including phenoxy) is 2. The first-order chi connectivity index (χ1) is 17.0. The Balaban J connectivity index is 1.58. The highest BCUT2D eigenvalue weighted by Gasteiger charge is 2.25. The first-order valence-corrected chi connectivity index (χ1v) is 11.7. The fraction of sp³-hybridized carbons (Fsp3) is 0.222. The summed E-state index contributed by atoms with van der Waals surface area (Å²) in [6.07, 6.45) is -0.747. The van der Waals surface area contributed by atoms with Gasteiger partial charge in [0.15, 0.2) is 0 Å². The molecule has 182 valence electrons. The molecule has 3 aromatic carbocycles. The minimum absolute atomic E-state index is 0.0348. The third-order valence-electron chi connectivity index (χ3n) is 4.98. The second kappa shape index (κ2) is 13.2. The van der Waals surface area contributed by atoms with Crippen molar-refractivity contribution in [3.8, 4) is 5.75 Å². The molecule has 8 heteroatoms. The first kappa shape index (κ1) is 25.8. The largest absolute Gasteiger partial charge is 0.492 e. The lowest BCUT2D eigenvalue weighted by atomic mass is 10.1. The van der Waals surface area contributed by atoms with Crippen molar-refractivity contribution < 1.29 is 23.9 Å². The lowest BCUT2D eigenvalue weighted by Gasteiger charge is -2.19. The van der Waals surface area contributed by atoms with Crippen LogP contribution in [-0.4, -0.2) is 30.9 Å². The van der Waals surface area contributed by atoms with E-state index < -0.39 is 18.0 Å². The van der Waals surface area contributed by atoms with E-state index in [-0.39, 0.29) is 18.9 Å². The average molecular weight is 495 g/mol. The Bertz CT molecular complexity index is 1140. The number of hydrogen-bond donors (Lipinski definition) is 2. The number of esters is 1. The maximum absolute atomic E-state index is 13.1. The Morgan fingerprint density at radius 1 is 0.914 bits per heavy atom. The van der Waals surface area contributed by atoms with E-state index in [2.05, 4.69) is 10.6 Å². The maximum Gasteiger partial charge on any atom is 0.306 e. The van der Waals surface area contributed by atoms with Gasteiger partial charge in [0.1, 0.15) is 5.75 Å². The fourth-order valence-electron chi connectivity index (χ4n) is 3.28. The summed E-state index contributed by atoms with van der Waals surface area (Å²) in [6.45, 7) is 2.57. The minimum Gasteiger partial charge on any atom is -0.492 e. The number of para-hydroxylation sites is 2. The van der Waals surface area contributed by atoms with Crippen molar-refractivity contribution in [3.05, 3.63) is 95.0 Å². The predicted molar refractivity (Wildman–Crippen MR) is 135 cm³/mol. The van der Waals surface area contributed by atoms with Crippen LogP contribution >= 0.6 is 11.6 Å². The third kappa shape index (κ3) is 7.86. The summed E-state index contributed by atoms with van der Waals surface area (Å²) in [4.78, 5) is 37.8. The molecule has 1 unspecified atom stereocenters. The van der Waals surface area contributed by atoms with Crippen LogP contribution in [0.5, 0.6) is 5.75 Å². The molecule has 0 saturated carbocycles. The number of amides is 2. The number of carbonyl (C=O) groups excluding carboxylic acids is 3. The van der Waals surface area contributed by atoms with Crippen molar-refractivity contribution in [2.45, 2.75) is 25.9 Å². The van der Waals surface area contributed by atoms with Crippen LogP contribution in [-0.2, 0) is 14.3 Å². The lowest BCUT2D eigenvalue weighted by molar-refractivity contribution is -0.154. The van der Waals surface area contributed by atoms with Gasteiger partial charge in [-0.2, -0.15) is 0 Å². The SMILES string of the molecule is CCOc1ccccc1NC(=O)C(OC(=O)CCCNC(=O)c1ccc(Cl)cc1)c1ccccc1. The Kier molecular flexibility index (Phi) is 9.69. The molecule has 0 aliphatic rings. The molecular weight excluding hydrogens is 468 g/mol. The molecule has 1 atom stereocenters. The van der Waals surface area contributed by atoms with Gasteiger partial charge in [-0.3, -0.25) is 14.4 Å². The fourth-order valence-corrected chi connectivity index (χ4v) is 3.40. The van der Waals surface area contributed by atoms with Gasteiger partial charge in [0.05, 0.1) is 12.3 Å². The van der Waals surface area contributed by atoms with Gasteiger partial charge in [0.25, 0.3) is 11.8 Å². The molecule has 0 bridgehead atoms. The number of benzene rings is 3. The molecular formula is C27H27ClN2O5. The molecule has 0 aliphatic carbocycles. The standard InChI is InChI=1S/C27H27ClN2O5/c1-2-34-23-12-7-6-11-22(23)30-27(33)25(19-9-4-3-5-10-19)35-24(31)13-8-18-29-26(32)20-14-16-21(28)17-15-20/h3-7,9-12,14-17,25H,2,8,13,18H2,1H3,(H,29,32)(H,30,33). The molecule has 2 amide bonds. The van der Waals surface area contributed by atoms with Gasteiger partial charge >= 0.3 is 5.97 Å². The summed E-state index contributed by atoms with van der Waals surface area (Å²) in [5.41, 5.74) is 1.51. The Morgan fingerprint density at radius 3 is 2.31 bits per heavy atom. The van der Waals surface area contributed by atoms with Crippen molar-refractivity contribution >= 4 is 35.1 Å². The predicted octanol–water partition coefficient (Wildman–Crippen LogP) is 5.17. The molecule has 0 heterocycles. The number of halogens is 1.